The molecule has 2 heterocycles. The quantitative estimate of drug-likeness (QED) is 0.755. The molecule has 6 heteroatoms. The third-order valence-corrected chi connectivity index (χ3v) is 4.26. The van der Waals surface area contributed by atoms with Crippen LogP contribution in [0.1, 0.15) is 37.9 Å². The van der Waals surface area contributed by atoms with E-state index in [1.807, 2.05) is 34.9 Å². The zero-order valence-electron chi connectivity index (χ0n) is 13.9. The lowest BCUT2D eigenvalue weighted by Crippen LogP contribution is -2.31. The lowest BCUT2D eigenvalue weighted by Gasteiger charge is -2.10. The topological polar surface area (TPSA) is 69.0 Å². The summed E-state index contributed by atoms with van der Waals surface area (Å²) >= 11 is 0. The minimum Gasteiger partial charge on any atom is -0.376 e. The lowest BCUT2D eigenvalue weighted by atomic mass is 10.1. The largest absolute Gasteiger partial charge is 0.376 e. The second kappa shape index (κ2) is 8.59. The number of unbranched alkanes of at least 4 members (excludes halogenated alkanes) is 1. The first kappa shape index (κ1) is 16.6. The number of para-hydroxylation sites is 1. The van der Waals surface area contributed by atoms with Gasteiger partial charge in [-0.3, -0.25) is 9.36 Å². The van der Waals surface area contributed by atoms with Crippen LogP contribution in [0.3, 0.4) is 0 Å². The standard InChI is InChI=1S/C18H24N4O2/c23-18(19-13-16-9-6-12-24-16)11-5-4-10-17-21-20-14-22(17)15-7-2-1-3-8-15/h1-3,7-8,14,16H,4-6,9-13H2,(H,19,23). The van der Waals surface area contributed by atoms with E-state index in [0.29, 0.717) is 13.0 Å². The Morgan fingerprint density at radius 3 is 2.96 bits per heavy atom. The van der Waals surface area contributed by atoms with Crippen LogP contribution in [0, 0.1) is 0 Å². The third-order valence-electron chi connectivity index (χ3n) is 4.26. The van der Waals surface area contributed by atoms with Gasteiger partial charge in [0.1, 0.15) is 12.2 Å². The molecular weight excluding hydrogens is 304 g/mol. The molecule has 0 aliphatic carbocycles. The number of carbonyl (C=O) groups is 1. The van der Waals surface area contributed by atoms with Gasteiger partial charge >= 0.3 is 0 Å². The number of ether oxygens (including phenoxy) is 1. The van der Waals surface area contributed by atoms with E-state index in [4.69, 9.17) is 4.74 Å². The van der Waals surface area contributed by atoms with E-state index < -0.39 is 0 Å². The van der Waals surface area contributed by atoms with Gasteiger partial charge < -0.3 is 10.1 Å². The van der Waals surface area contributed by atoms with Crippen LogP contribution in [0.2, 0.25) is 0 Å². The number of carbonyl (C=O) groups excluding carboxylic acids is 1. The molecule has 0 spiro atoms. The number of rotatable bonds is 8. The molecule has 2 aromatic rings. The molecule has 1 aliphatic rings. The number of aryl methyl sites for hydroxylation is 1. The fourth-order valence-electron chi connectivity index (χ4n) is 2.92. The van der Waals surface area contributed by atoms with Gasteiger partial charge in [-0.2, -0.15) is 0 Å². The van der Waals surface area contributed by atoms with E-state index >= 15 is 0 Å². The number of amides is 1. The van der Waals surface area contributed by atoms with Gasteiger partial charge in [0.25, 0.3) is 0 Å². The molecule has 1 unspecified atom stereocenters. The molecule has 1 N–H and O–H groups in total. The number of benzene rings is 1. The highest BCUT2D eigenvalue weighted by molar-refractivity contribution is 5.75. The van der Waals surface area contributed by atoms with Crippen molar-refractivity contribution in [2.75, 3.05) is 13.2 Å². The zero-order chi connectivity index (χ0) is 16.6. The summed E-state index contributed by atoms with van der Waals surface area (Å²) in [6.45, 7) is 1.46. The SMILES string of the molecule is O=C(CCCCc1nncn1-c1ccccc1)NCC1CCCO1. The summed E-state index contributed by atoms with van der Waals surface area (Å²) in [5, 5.41) is 11.2. The first-order valence-electron chi connectivity index (χ1n) is 8.65. The lowest BCUT2D eigenvalue weighted by molar-refractivity contribution is -0.121. The molecule has 1 aliphatic heterocycles. The van der Waals surface area contributed by atoms with E-state index in [2.05, 4.69) is 15.5 Å². The van der Waals surface area contributed by atoms with Crippen LogP contribution < -0.4 is 5.32 Å². The molecule has 6 nitrogen and oxygen atoms in total. The minimum atomic E-state index is 0.107. The van der Waals surface area contributed by atoms with Crippen LogP contribution in [0.5, 0.6) is 0 Å². The summed E-state index contributed by atoms with van der Waals surface area (Å²) < 4.78 is 7.50. The van der Waals surface area contributed by atoms with Crippen LogP contribution in [-0.2, 0) is 16.0 Å². The van der Waals surface area contributed by atoms with Crippen molar-refractivity contribution in [3.63, 3.8) is 0 Å². The number of nitrogens with one attached hydrogen (secondary N) is 1. The van der Waals surface area contributed by atoms with Crippen molar-refractivity contribution in [2.24, 2.45) is 0 Å². The second-order valence-electron chi connectivity index (χ2n) is 6.10. The van der Waals surface area contributed by atoms with Crippen LogP contribution in [0.25, 0.3) is 5.69 Å². The summed E-state index contributed by atoms with van der Waals surface area (Å²) in [7, 11) is 0. The molecule has 1 fully saturated rings. The number of nitrogens with zero attached hydrogens (tertiary/aromatic N) is 3. The van der Waals surface area contributed by atoms with E-state index in [9.17, 15) is 4.79 Å². The van der Waals surface area contributed by atoms with Gasteiger partial charge in [0.05, 0.1) is 6.10 Å². The molecule has 1 atom stereocenters. The Morgan fingerprint density at radius 1 is 1.29 bits per heavy atom. The molecular formula is C18H24N4O2. The molecule has 0 radical (unpaired) electrons. The average Bonchev–Trinajstić information content (AvgIpc) is 3.29. The number of hydrogen-bond acceptors (Lipinski definition) is 4. The summed E-state index contributed by atoms with van der Waals surface area (Å²) in [5.74, 6) is 1.04. The maximum absolute atomic E-state index is 11.8. The summed E-state index contributed by atoms with van der Waals surface area (Å²) in [4.78, 5) is 11.8. The fourth-order valence-corrected chi connectivity index (χ4v) is 2.92. The van der Waals surface area contributed by atoms with Crippen molar-refractivity contribution in [2.45, 2.75) is 44.6 Å². The Bertz CT molecular complexity index is 635. The van der Waals surface area contributed by atoms with Gasteiger partial charge in [0.2, 0.25) is 5.91 Å². The normalized spacial score (nSPS) is 17.1. The van der Waals surface area contributed by atoms with Gasteiger partial charge in [0.15, 0.2) is 0 Å². The van der Waals surface area contributed by atoms with Crippen LogP contribution in [-0.4, -0.2) is 39.9 Å². The molecule has 0 saturated carbocycles. The summed E-state index contributed by atoms with van der Waals surface area (Å²) in [6.07, 6.45) is 7.22. The monoisotopic (exact) mass is 328 g/mol. The summed E-state index contributed by atoms with van der Waals surface area (Å²) in [6, 6.07) is 10.1. The van der Waals surface area contributed by atoms with E-state index in [-0.39, 0.29) is 12.0 Å². The molecule has 24 heavy (non-hydrogen) atoms. The van der Waals surface area contributed by atoms with Gasteiger partial charge in [-0.15, -0.1) is 10.2 Å². The number of hydrogen-bond donors (Lipinski definition) is 1. The predicted octanol–water partition coefficient (Wildman–Crippen LogP) is 2.28. The van der Waals surface area contributed by atoms with Crippen molar-refractivity contribution in [1.82, 2.24) is 20.1 Å². The van der Waals surface area contributed by atoms with E-state index in [0.717, 1.165) is 50.2 Å². The zero-order valence-corrected chi connectivity index (χ0v) is 13.9. The Hall–Kier alpha value is -2.21. The van der Waals surface area contributed by atoms with Crippen LogP contribution in [0.4, 0.5) is 0 Å². The third kappa shape index (κ3) is 4.64. The van der Waals surface area contributed by atoms with Gasteiger partial charge in [-0.1, -0.05) is 18.2 Å². The van der Waals surface area contributed by atoms with Crippen molar-refractivity contribution in [3.05, 3.63) is 42.5 Å². The Kier molecular flexibility index (Phi) is 5.96. The van der Waals surface area contributed by atoms with E-state index in [1.54, 1.807) is 6.33 Å². The smallest absolute Gasteiger partial charge is 0.220 e. The first-order chi connectivity index (χ1) is 11.8. The van der Waals surface area contributed by atoms with E-state index in [1.165, 1.54) is 0 Å². The Balaban J connectivity index is 1.38. The maximum atomic E-state index is 11.8. The highest BCUT2D eigenvalue weighted by Crippen LogP contribution is 2.12. The Labute approximate surface area is 142 Å². The molecule has 1 aromatic heterocycles. The van der Waals surface area contributed by atoms with Crippen molar-refractivity contribution >= 4 is 5.91 Å². The molecule has 1 aromatic carbocycles. The molecule has 3 rings (SSSR count). The maximum Gasteiger partial charge on any atom is 0.220 e. The summed E-state index contributed by atoms with van der Waals surface area (Å²) in [5.41, 5.74) is 1.06. The van der Waals surface area contributed by atoms with Crippen LogP contribution in [0.15, 0.2) is 36.7 Å². The first-order valence-corrected chi connectivity index (χ1v) is 8.65. The molecule has 128 valence electrons. The van der Waals surface area contributed by atoms with Gasteiger partial charge in [-0.05, 0) is 37.8 Å². The molecule has 1 saturated heterocycles. The average molecular weight is 328 g/mol. The van der Waals surface area contributed by atoms with Crippen molar-refractivity contribution < 1.29 is 9.53 Å². The van der Waals surface area contributed by atoms with Gasteiger partial charge in [-0.25, -0.2) is 0 Å². The minimum absolute atomic E-state index is 0.107. The second-order valence-corrected chi connectivity index (χ2v) is 6.10. The number of aromatic nitrogens is 3. The van der Waals surface area contributed by atoms with Crippen molar-refractivity contribution in [3.8, 4) is 5.69 Å². The fraction of sp³-hybridized carbons (Fsp3) is 0.500. The van der Waals surface area contributed by atoms with Gasteiger partial charge in [0, 0.05) is 31.7 Å². The highest BCUT2D eigenvalue weighted by atomic mass is 16.5. The Morgan fingerprint density at radius 2 is 2.17 bits per heavy atom. The van der Waals surface area contributed by atoms with Crippen molar-refractivity contribution in [1.29, 1.82) is 0 Å². The molecule has 0 bridgehead atoms. The van der Waals surface area contributed by atoms with Crippen LogP contribution >= 0.6 is 0 Å². The highest BCUT2D eigenvalue weighted by Gasteiger charge is 2.16. The molecule has 1 amide bonds. The predicted molar refractivity (Wildman–Crippen MR) is 90.9 cm³/mol.